The van der Waals surface area contributed by atoms with Gasteiger partial charge < -0.3 is 10.2 Å². The van der Waals surface area contributed by atoms with Gasteiger partial charge in [-0.25, -0.2) is 9.37 Å². The van der Waals surface area contributed by atoms with Crippen molar-refractivity contribution in [3.05, 3.63) is 24.0 Å². The van der Waals surface area contributed by atoms with Gasteiger partial charge in [-0.3, -0.25) is 0 Å². The van der Waals surface area contributed by atoms with E-state index in [1.807, 2.05) is 0 Å². The van der Waals surface area contributed by atoms with Gasteiger partial charge in [-0.1, -0.05) is 18.3 Å². The van der Waals surface area contributed by atoms with Crippen LogP contribution in [0.1, 0.15) is 13.3 Å². The number of hydrogen-bond donors (Lipinski definition) is 1. The second kappa shape index (κ2) is 5.43. The minimum Gasteiger partial charge on any atom is -0.361 e. The monoisotopic (exact) mass is 279 g/mol. The van der Waals surface area contributed by atoms with Crippen LogP contribution in [0, 0.1) is 11.7 Å². The lowest BCUT2D eigenvalue weighted by molar-refractivity contribution is 0.345. The summed E-state index contributed by atoms with van der Waals surface area (Å²) < 4.78 is 14.1. The van der Waals surface area contributed by atoms with E-state index in [1.165, 1.54) is 31.6 Å². The molecule has 1 saturated heterocycles. The van der Waals surface area contributed by atoms with Gasteiger partial charge in [0.05, 0.1) is 10.2 Å². The summed E-state index contributed by atoms with van der Waals surface area (Å²) in [5.74, 6) is 0.474. The lowest BCUT2D eigenvalue weighted by atomic mass is 10.1. The molecule has 1 fully saturated rings. The summed E-state index contributed by atoms with van der Waals surface area (Å²) in [6.07, 6.45) is 1.25. The summed E-state index contributed by atoms with van der Waals surface area (Å²) in [7, 11) is 0. The molecule has 19 heavy (non-hydrogen) atoms. The van der Waals surface area contributed by atoms with Crippen LogP contribution in [-0.4, -0.2) is 36.1 Å². The van der Waals surface area contributed by atoms with Crippen molar-refractivity contribution in [2.75, 3.05) is 31.5 Å². The minimum absolute atomic E-state index is 0.223. The van der Waals surface area contributed by atoms with Crippen molar-refractivity contribution >= 4 is 26.7 Å². The molecule has 1 aliphatic rings. The SMILES string of the molecule is CCN1CCC(CNc2nc3cc(F)ccc3s2)C1. The van der Waals surface area contributed by atoms with Crippen molar-refractivity contribution in [2.24, 2.45) is 5.92 Å². The van der Waals surface area contributed by atoms with Crippen molar-refractivity contribution in [1.29, 1.82) is 0 Å². The third-order valence-electron chi connectivity index (χ3n) is 3.71. The van der Waals surface area contributed by atoms with Crippen LogP contribution in [0.15, 0.2) is 18.2 Å². The van der Waals surface area contributed by atoms with Crippen LogP contribution in [0.4, 0.5) is 9.52 Å². The second-order valence-electron chi connectivity index (χ2n) is 5.06. The Labute approximate surface area is 116 Å². The van der Waals surface area contributed by atoms with E-state index in [4.69, 9.17) is 0 Å². The molecule has 1 unspecified atom stereocenters. The molecule has 1 N–H and O–H groups in total. The van der Waals surface area contributed by atoms with E-state index >= 15 is 0 Å². The number of likely N-dealkylation sites (tertiary alicyclic amines) is 1. The predicted molar refractivity (Wildman–Crippen MR) is 78.3 cm³/mol. The molecule has 1 aromatic carbocycles. The molecule has 0 radical (unpaired) electrons. The molecular weight excluding hydrogens is 261 g/mol. The fourth-order valence-electron chi connectivity index (χ4n) is 2.57. The number of fused-ring (bicyclic) bond motifs is 1. The molecular formula is C14H18FN3S. The lowest BCUT2D eigenvalue weighted by Crippen LogP contribution is -2.22. The number of nitrogens with one attached hydrogen (secondary N) is 1. The van der Waals surface area contributed by atoms with Crippen LogP contribution in [0.3, 0.4) is 0 Å². The molecule has 2 heterocycles. The molecule has 1 atom stereocenters. The maximum Gasteiger partial charge on any atom is 0.183 e. The highest BCUT2D eigenvalue weighted by Gasteiger charge is 2.21. The largest absolute Gasteiger partial charge is 0.361 e. The van der Waals surface area contributed by atoms with Gasteiger partial charge in [0, 0.05) is 19.2 Å². The average Bonchev–Trinajstić information content (AvgIpc) is 3.01. The number of aromatic nitrogens is 1. The third-order valence-corrected chi connectivity index (χ3v) is 4.70. The summed E-state index contributed by atoms with van der Waals surface area (Å²) in [4.78, 5) is 6.90. The molecule has 0 bridgehead atoms. The first-order valence-electron chi connectivity index (χ1n) is 6.77. The number of nitrogens with zero attached hydrogens (tertiary/aromatic N) is 2. The Kier molecular flexibility index (Phi) is 3.66. The second-order valence-corrected chi connectivity index (χ2v) is 6.09. The van der Waals surface area contributed by atoms with Gasteiger partial charge in [0.2, 0.25) is 0 Å². The number of halogens is 1. The molecule has 1 aliphatic heterocycles. The van der Waals surface area contributed by atoms with E-state index in [9.17, 15) is 4.39 Å². The average molecular weight is 279 g/mol. The zero-order chi connectivity index (χ0) is 13.2. The van der Waals surface area contributed by atoms with Crippen LogP contribution in [0.25, 0.3) is 10.2 Å². The van der Waals surface area contributed by atoms with Crippen molar-refractivity contribution in [1.82, 2.24) is 9.88 Å². The van der Waals surface area contributed by atoms with Gasteiger partial charge in [-0.05, 0) is 37.6 Å². The normalized spacial score (nSPS) is 20.2. The Morgan fingerprint density at radius 1 is 1.53 bits per heavy atom. The van der Waals surface area contributed by atoms with E-state index in [2.05, 4.69) is 22.1 Å². The van der Waals surface area contributed by atoms with Crippen molar-refractivity contribution in [3.8, 4) is 0 Å². The lowest BCUT2D eigenvalue weighted by Gasteiger charge is -2.13. The summed E-state index contributed by atoms with van der Waals surface area (Å²) >= 11 is 1.59. The number of hydrogen-bond acceptors (Lipinski definition) is 4. The zero-order valence-corrected chi connectivity index (χ0v) is 11.8. The van der Waals surface area contributed by atoms with Crippen LogP contribution in [-0.2, 0) is 0 Å². The maximum absolute atomic E-state index is 13.1. The smallest absolute Gasteiger partial charge is 0.183 e. The van der Waals surface area contributed by atoms with Gasteiger partial charge in [0.25, 0.3) is 0 Å². The first-order chi connectivity index (χ1) is 9.24. The Hall–Kier alpha value is -1.20. The molecule has 102 valence electrons. The maximum atomic E-state index is 13.1. The summed E-state index contributed by atoms with van der Waals surface area (Å²) in [6, 6.07) is 4.77. The Bertz CT molecular complexity index is 569. The summed E-state index contributed by atoms with van der Waals surface area (Å²) in [5, 5.41) is 4.30. The minimum atomic E-state index is -0.223. The van der Waals surface area contributed by atoms with Crippen molar-refractivity contribution < 1.29 is 4.39 Å². The Balaban J connectivity index is 1.62. The molecule has 3 nitrogen and oxygen atoms in total. The van der Waals surface area contributed by atoms with Gasteiger partial charge >= 0.3 is 0 Å². The molecule has 1 aromatic heterocycles. The quantitative estimate of drug-likeness (QED) is 0.931. The van der Waals surface area contributed by atoms with Crippen LogP contribution >= 0.6 is 11.3 Å². The highest BCUT2D eigenvalue weighted by Crippen LogP contribution is 2.27. The highest BCUT2D eigenvalue weighted by molar-refractivity contribution is 7.22. The van der Waals surface area contributed by atoms with Crippen molar-refractivity contribution in [3.63, 3.8) is 0 Å². The first kappa shape index (κ1) is 12.8. The van der Waals surface area contributed by atoms with Gasteiger partial charge in [0.1, 0.15) is 5.82 Å². The standard InChI is InChI=1S/C14H18FN3S/c1-2-18-6-5-10(9-18)8-16-14-17-12-7-11(15)3-4-13(12)19-14/h3-4,7,10H,2,5-6,8-9H2,1H3,(H,16,17). The number of thiazole rings is 1. The summed E-state index contributed by atoms with van der Waals surface area (Å²) in [6.45, 7) is 6.67. The van der Waals surface area contributed by atoms with Crippen LogP contribution in [0.5, 0.6) is 0 Å². The fraction of sp³-hybridized carbons (Fsp3) is 0.500. The Morgan fingerprint density at radius 2 is 2.42 bits per heavy atom. The highest BCUT2D eigenvalue weighted by atomic mass is 32.1. The van der Waals surface area contributed by atoms with E-state index in [0.717, 1.165) is 28.4 Å². The van der Waals surface area contributed by atoms with Gasteiger partial charge in [0.15, 0.2) is 5.13 Å². The Morgan fingerprint density at radius 3 is 3.21 bits per heavy atom. The van der Waals surface area contributed by atoms with E-state index in [1.54, 1.807) is 17.4 Å². The number of benzene rings is 1. The van der Waals surface area contributed by atoms with Crippen molar-refractivity contribution in [2.45, 2.75) is 13.3 Å². The topological polar surface area (TPSA) is 28.2 Å². The predicted octanol–water partition coefficient (Wildman–Crippen LogP) is 3.19. The molecule has 0 spiro atoms. The zero-order valence-electron chi connectivity index (χ0n) is 11.0. The summed E-state index contributed by atoms with van der Waals surface area (Å²) in [5.41, 5.74) is 0.745. The molecule has 0 aliphatic carbocycles. The van der Waals surface area contributed by atoms with Gasteiger partial charge in [-0.15, -0.1) is 0 Å². The fourth-order valence-corrected chi connectivity index (χ4v) is 3.43. The molecule has 5 heteroatoms. The van der Waals surface area contributed by atoms with E-state index < -0.39 is 0 Å². The molecule has 0 saturated carbocycles. The third kappa shape index (κ3) is 2.87. The van der Waals surface area contributed by atoms with Crippen LogP contribution < -0.4 is 5.32 Å². The molecule has 0 amide bonds. The van der Waals surface area contributed by atoms with Crippen LogP contribution in [0.2, 0.25) is 0 Å². The number of anilines is 1. The first-order valence-corrected chi connectivity index (χ1v) is 7.58. The van der Waals surface area contributed by atoms with Gasteiger partial charge in [-0.2, -0.15) is 0 Å². The molecule has 2 aromatic rings. The molecule has 3 rings (SSSR count). The van der Waals surface area contributed by atoms with E-state index in [-0.39, 0.29) is 5.82 Å². The van der Waals surface area contributed by atoms with E-state index in [0.29, 0.717) is 5.92 Å². The number of rotatable bonds is 4.